The molecule has 0 radical (unpaired) electrons. The molecule has 5 nitrogen and oxygen atoms in total. The van der Waals surface area contributed by atoms with Gasteiger partial charge in [-0.1, -0.05) is 32.6 Å². The zero-order chi connectivity index (χ0) is 14.4. The van der Waals surface area contributed by atoms with E-state index in [0.29, 0.717) is 5.82 Å². The third-order valence-corrected chi connectivity index (χ3v) is 3.97. The third-order valence-electron chi connectivity index (χ3n) is 3.97. The van der Waals surface area contributed by atoms with Crippen LogP contribution < -0.4 is 5.32 Å². The van der Waals surface area contributed by atoms with Gasteiger partial charge in [0.15, 0.2) is 5.82 Å². The number of rotatable bonds is 6. The molecule has 0 bridgehead atoms. The van der Waals surface area contributed by atoms with Crippen LogP contribution in [-0.2, 0) is 11.2 Å². The lowest BCUT2D eigenvalue weighted by Gasteiger charge is -2.31. The Bertz CT molecular complexity index is 436. The van der Waals surface area contributed by atoms with Crippen molar-refractivity contribution in [3.63, 3.8) is 0 Å². The van der Waals surface area contributed by atoms with Gasteiger partial charge in [0, 0.05) is 11.8 Å². The molecule has 1 aliphatic carbocycles. The van der Waals surface area contributed by atoms with Crippen molar-refractivity contribution in [3.05, 3.63) is 11.8 Å². The Morgan fingerprint density at radius 1 is 1.45 bits per heavy atom. The molecule has 2 rings (SSSR count). The van der Waals surface area contributed by atoms with Crippen LogP contribution in [0.1, 0.15) is 64.0 Å². The standard InChI is InChI=1S/C15H25N3O2/c1-2-3-7-12-10-13(18-17-12)16-14(19)11-15(20)8-5-4-6-9-15/h10,20H,2-9,11H2,1H3,(H2,16,17,18,19). The number of hydrogen-bond donors (Lipinski definition) is 3. The van der Waals surface area contributed by atoms with Crippen molar-refractivity contribution in [1.29, 1.82) is 0 Å². The number of unbranched alkanes of at least 4 members (excludes halogenated alkanes) is 1. The summed E-state index contributed by atoms with van der Waals surface area (Å²) in [6.45, 7) is 2.14. The van der Waals surface area contributed by atoms with Gasteiger partial charge < -0.3 is 10.4 Å². The molecule has 0 atom stereocenters. The lowest BCUT2D eigenvalue weighted by molar-refractivity contribution is -0.122. The molecule has 1 amide bonds. The predicted molar refractivity (Wildman–Crippen MR) is 78.5 cm³/mol. The van der Waals surface area contributed by atoms with Gasteiger partial charge in [-0.05, 0) is 25.7 Å². The molecule has 1 saturated carbocycles. The molecule has 0 aliphatic heterocycles. The lowest BCUT2D eigenvalue weighted by atomic mass is 9.82. The van der Waals surface area contributed by atoms with Crippen molar-refractivity contribution in [2.75, 3.05) is 5.32 Å². The molecule has 20 heavy (non-hydrogen) atoms. The highest BCUT2D eigenvalue weighted by molar-refractivity contribution is 5.90. The Kier molecular flexibility index (Phi) is 5.17. The lowest BCUT2D eigenvalue weighted by Crippen LogP contribution is -2.35. The van der Waals surface area contributed by atoms with E-state index in [1.54, 1.807) is 0 Å². The van der Waals surface area contributed by atoms with Crippen molar-refractivity contribution in [2.45, 2.75) is 70.3 Å². The molecular weight excluding hydrogens is 254 g/mol. The summed E-state index contributed by atoms with van der Waals surface area (Å²) < 4.78 is 0. The fourth-order valence-electron chi connectivity index (χ4n) is 2.79. The van der Waals surface area contributed by atoms with Gasteiger partial charge >= 0.3 is 0 Å². The molecule has 1 aromatic heterocycles. The van der Waals surface area contributed by atoms with Crippen LogP contribution >= 0.6 is 0 Å². The molecule has 0 saturated heterocycles. The highest BCUT2D eigenvalue weighted by Crippen LogP contribution is 2.31. The van der Waals surface area contributed by atoms with Gasteiger partial charge in [0.2, 0.25) is 5.91 Å². The maximum Gasteiger partial charge on any atom is 0.228 e. The number of carbonyl (C=O) groups is 1. The van der Waals surface area contributed by atoms with E-state index >= 15 is 0 Å². The minimum atomic E-state index is -0.816. The SMILES string of the molecule is CCCCc1cc(NC(=O)CC2(O)CCCCC2)n[nH]1. The van der Waals surface area contributed by atoms with Gasteiger partial charge in [-0.15, -0.1) is 0 Å². The van der Waals surface area contributed by atoms with Crippen LogP contribution in [0.4, 0.5) is 5.82 Å². The summed E-state index contributed by atoms with van der Waals surface area (Å²) in [7, 11) is 0. The Morgan fingerprint density at radius 3 is 2.90 bits per heavy atom. The Hall–Kier alpha value is -1.36. The van der Waals surface area contributed by atoms with Crippen molar-refractivity contribution >= 4 is 11.7 Å². The topological polar surface area (TPSA) is 78.0 Å². The fraction of sp³-hybridized carbons (Fsp3) is 0.733. The number of carbonyl (C=O) groups excluding carboxylic acids is 1. The Balaban J connectivity index is 1.83. The van der Waals surface area contributed by atoms with Crippen molar-refractivity contribution in [1.82, 2.24) is 10.2 Å². The Labute approximate surface area is 120 Å². The highest BCUT2D eigenvalue weighted by Gasteiger charge is 2.31. The number of aryl methyl sites for hydroxylation is 1. The number of nitrogens with one attached hydrogen (secondary N) is 2. The molecule has 0 aromatic carbocycles. The van der Waals surface area contributed by atoms with Crippen LogP contribution in [0.2, 0.25) is 0 Å². The van der Waals surface area contributed by atoms with E-state index in [9.17, 15) is 9.90 Å². The van der Waals surface area contributed by atoms with E-state index in [-0.39, 0.29) is 12.3 Å². The van der Waals surface area contributed by atoms with Crippen molar-refractivity contribution < 1.29 is 9.90 Å². The van der Waals surface area contributed by atoms with Gasteiger partial charge in [-0.2, -0.15) is 5.10 Å². The van der Waals surface area contributed by atoms with Crippen LogP contribution in [-0.4, -0.2) is 26.8 Å². The summed E-state index contributed by atoms with van der Waals surface area (Å²) in [5.74, 6) is 0.406. The molecule has 112 valence electrons. The molecule has 5 heteroatoms. The first-order chi connectivity index (χ1) is 9.61. The van der Waals surface area contributed by atoms with Gasteiger partial charge in [-0.25, -0.2) is 0 Å². The number of hydrogen-bond acceptors (Lipinski definition) is 3. The van der Waals surface area contributed by atoms with Crippen LogP contribution in [0.5, 0.6) is 0 Å². The van der Waals surface area contributed by atoms with Gasteiger partial charge in [0.05, 0.1) is 12.0 Å². The van der Waals surface area contributed by atoms with E-state index in [4.69, 9.17) is 0 Å². The second-order valence-electron chi connectivity index (χ2n) is 5.89. The van der Waals surface area contributed by atoms with Crippen LogP contribution in [0, 0.1) is 0 Å². The summed E-state index contributed by atoms with van der Waals surface area (Å²) in [6.07, 6.45) is 7.98. The monoisotopic (exact) mass is 279 g/mol. The summed E-state index contributed by atoms with van der Waals surface area (Å²) in [5.41, 5.74) is 0.225. The summed E-state index contributed by atoms with van der Waals surface area (Å²) >= 11 is 0. The third kappa shape index (κ3) is 4.34. The van der Waals surface area contributed by atoms with E-state index in [2.05, 4.69) is 22.4 Å². The largest absolute Gasteiger partial charge is 0.389 e. The first kappa shape index (κ1) is 15.0. The second kappa shape index (κ2) is 6.88. The second-order valence-corrected chi connectivity index (χ2v) is 5.89. The zero-order valence-corrected chi connectivity index (χ0v) is 12.2. The first-order valence-electron chi connectivity index (χ1n) is 7.68. The maximum absolute atomic E-state index is 12.0. The fourth-order valence-corrected chi connectivity index (χ4v) is 2.79. The summed E-state index contributed by atoms with van der Waals surface area (Å²) in [4.78, 5) is 12.0. The highest BCUT2D eigenvalue weighted by atomic mass is 16.3. The molecular formula is C15H25N3O2. The number of nitrogens with zero attached hydrogens (tertiary/aromatic N) is 1. The van der Waals surface area contributed by atoms with E-state index in [0.717, 1.165) is 57.1 Å². The minimum Gasteiger partial charge on any atom is -0.389 e. The Morgan fingerprint density at radius 2 is 2.20 bits per heavy atom. The number of aromatic amines is 1. The number of aliphatic hydroxyl groups is 1. The molecule has 0 unspecified atom stereocenters. The van der Waals surface area contributed by atoms with E-state index in [1.165, 1.54) is 0 Å². The van der Waals surface area contributed by atoms with Gasteiger partial charge in [0.1, 0.15) is 0 Å². The van der Waals surface area contributed by atoms with Crippen LogP contribution in [0.3, 0.4) is 0 Å². The molecule has 0 spiro atoms. The normalized spacial score (nSPS) is 17.9. The van der Waals surface area contributed by atoms with Crippen molar-refractivity contribution in [3.8, 4) is 0 Å². The average Bonchev–Trinajstić information content (AvgIpc) is 2.84. The first-order valence-corrected chi connectivity index (χ1v) is 7.68. The predicted octanol–water partition coefficient (Wildman–Crippen LogP) is 2.78. The van der Waals surface area contributed by atoms with Crippen molar-refractivity contribution in [2.24, 2.45) is 0 Å². The molecule has 1 fully saturated rings. The zero-order valence-electron chi connectivity index (χ0n) is 12.2. The molecule has 1 heterocycles. The number of anilines is 1. The van der Waals surface area contributed by atoms with E-state index < -0.39 is 5.60 Å². The van der Waals surface area contributed by atoms with Crippen LogP contribution in [0.15, 0.2) is 6.07 Å². The number of amides is 1. The number of H-pyrrole nitrogens is 1. The van der Waals surface area contributed by atoms with Gasteiger partial charge in [-0.3, -0.25) is 9.89 Å². The van der Waals surface area contributed by atoms with Gasteiger partial charge in [0.25, 0.3) is 0 Å². The quantitative estimate of drug-likeness (QED) is 0.749. The molecule has 1 aliphatic rings. The smallest absolute Gasteiger partial charge is 0.228 e. The summed E-state index contributed by atoms with van der Waals surface area (Å²) in [5, 5.41) is 20.1. The van der Waals surface area contributed by atoms with Crippen LogP contribution in [0.25, 0.3) is 0 Å². The number of aromatic nitrogens is 2. The maximum atomic E-state index is 12.0. The minimum absolute atomic E-state index is 0.150. The average molecular weight is 279 g/mol. The molecule has 1 aromatic rings. The summed E-state index contributed by atoms with van der Waals surface area (Å²) in [6, 6.07) is 1.87. The van der Waals surface area contributed by atoms with E-state index in [1.807, 2.05) is 6.07 Å². The molecule has 3 N–H and O–H groups in total.